The van der Waals surface area contributed by atoms with E-state index in [-0.39, 0.29) is 30.0 Å². The highest BCUT2D eigenvalue weighted by Gasteiger charge is 2.40. The lowest BCUT2D eigenvalue weighted by molar-refractivity contribution is -0.141. The number of hydrogen-bond donors (Lipinski definition) is 5. The Morgan fingerprint density at radius 2 is 1.56 bits per heavy atom. The lowest BCUT2D eigenvalue weighted by atomic mass is 9.92. The van der Waals surface area contributed by atoms with E-state index in [9.17, 15) is 33.5 Å². The fraction of sp³-hybridized carbons (Fsp3) is 0.410. The summed E-state index contributed by atoms with van der Waals surface area (Å²) >= 11 is 6.31. The highest BCUT2D eigenvalue weighted by Crippen LogP contribution is 2.38. The van der Waals surface area contributed by atoms with Crippen molar-refractivity contribution in [2.24, 2.45) is 0 Å². The van der Waals surface area contributed by atoms with Crippen LogP contribution >= 0.6 is 11.6 Å². The molecule has 0 saturated carbocycles. The van der Waals surface area contributed by atoms with Crippen molar-refractivity contribution in [3.05, 3.63) is 104 Å². The normalized spacial score (nSPS) is 19.5. The maximum absolute atomic E-state index is 13.9. The van der Waals surface area contributed by atoms with Gasteiger partial charge in [-0.2, -0.15) is 0 Å². The van der Waals surface area contributed by atoms with Crippen LogP contribution in [0.15, 0.2) is 48.5 Å². The molecule has 5 N–H and O–H groups in total. The average Bonchev–Trinajstić information content (AvgIpc) is 3.63. The molecular weight excluding hydrogens is 689 g/mol. The van der Waals surface area contributed by atoms with E-state index in [1.165, 1.54) is 18.2 Å². The van der Waals surface area contributed by atoms with Crippen LogP contribution in [0.1, 0.15) is 129 Å². The summed E-state index contributed by atoms with van der Waals surface area (Å²) in [6.45, 7) is 3.22. The average molecular weight is 732 g/mol. The number of carbonyl (C=O) groups excluding carboxylic acids is 5. The number of piperidine rings is 1. The molecule has 0 spiro atoms. The van der Waals surface area contributed by atoms with Crippen molar-refractivity contribution in [2.75, 3.05) is 13.1 Å². The van der Waals surface area contributed by atoms with Crippen molar-refractivity contribution >= 4 is 41.1 Å². The maximum atomic E-state index is 13.9. The zero-order chi connectivity index (χ0) is 36.9. The predicted molar refractivity (Wildman–Crippen MR) is 192 cm³/mol. The number of benzene rings is 3. The monoisotopic (exact) mass is 731 g/mol. The van der Waals surface area contributed by atoms with Gasteiger partial charge in [0.15, 0.2) is 0 Å². The number of aliphatic hydroxyl groups is 1. The second kappa shape index (κ2) is 16.4. The first-order valence-electron chi connectivity index (χ1n) is 17.9. The first-order valence-corrected chi connectivity index (χ1v) is 18.3. The molecule has 274 valence electrons. The summed E-state index contributed by atoms with van der Waals surface area (Å²) in [5, 5.41) is 22.2. The summed E-state index contributed by atoms with van der Waals surface area (Å²) < 4.78 is 13.9. The van der Waals surface area contributed by atoms with Gasteiger partial charge in [-0.25, -0.2) is 4.39 Å². The van der Waals surface area contributed by atoms with Gasteiger partial charge in [-0.1, -0.05) is 49.8 Å². The number of nitrogens with zero attached hydrogens (tertiary/aromatic N) is 1. The summed E-state index contributed by atoms with van der Waals surface area (Å²) in [4.78, 5) is 64.0. The molecule has 11 nitrogen and oxygen atoms in total. The van der Waals surface area contributed by atoms with E-state index in [4.69, 9.17) is 11.6 Å². The van der Waals surface area contributed by atoms with Crippen LogP contribution in [0.4, 0.5) is 4.39 Å². The van der Waals surface area contributed by atoms with Crippen LogP contribution in [0, 0.1) is 12.7 Å². The summed E-state index contributed by atoms with van der Waals surface area (Å²) in [5.74, 6) is -1.93. The molecule has 3 aliphatic heterocycles. The van der Waals surface area contributed by atoms with Gasteiger partial charge < -0.3 is 21.1 Å². The number of halogens is 2. The van der Waals surface area contributed by atoms with Gasteiger partial charge in [0.05, 0.1) is 12.1 Å². The lowest BCUT2D eigenvalue weighted by Crippen LogP contribution is -2.51. The Balaban J connectivity index is 0.851. The highest BCUT2D eigenvalue weighted by atomic mass is 35.5. The van der Waals surface area contributed by atoms with Gasteiger partial charge in [0.2, 0.25) is 11.8 Å². The number of amides is 5. The van der Waals surface area contributed by atoms with Crippen LogP contribution < -0.4 is 21.3 Å². The molecule has 0 aromatic heterocycles. The zero-order valence-electron chi connectivity index (χ0n) is 29.0. The molecule has 0 radical (unpaired) electrons. The predicted octanol–water partition coefficient (Wildman–Crippen LogP) is 5.12. The quantitative estimate of drug-likeness (QED) is 0.114. The van der Waals surface area contributed by atoms with Gasteiger partial charge in [0.25, 0.3) is 17.7 Å². The van der Waals surface area contributed by atoms with Gasteiger partial charge in [0, 0.05) is 53.3 Å². The van der Waals surface area contributed by atoms with Crippen molar-refractivity contribution in [1.82, 2.24) is 26.2 Å². The Morgan fingerprint density at radius 3 is 2.25 bits per heavy atom. The first kappa shape index (κ1) is 37.1. The number of hydrogen-bond acceptors (Lipinski definition) is 7. The minimum atomic E-state index is -0.967. The molecule has 1 fully saturated rings. The molecule has 0 aliphatic carbocycles. The van der Waals surface area contributed by atoms with Crippen molar-refractivity contribution in [3.63, 3.8) is 0 Å². The lowest BCUT2D eigenvalue weighted by Gasteiger charge is -2.31. The van der Waals surface area contributed by atoms with Crippen molar-refractivity contribution < 1.29 is 33.5 Å². The van der Waals surface area contributed by atoms with Crippen LogP contribution in [0.25, 0.3) is 0 Å². The number of rotatable bonds is 14. The Morgan fingerprint density at radius 1 is 0.885 bits per heavy atom. The molecule has 2 unspecified atom stereocenters. The highest BCUT2D eigenvalue weighted by molar-refractivity contribution is 6.31. The SMILES string of the molecule is Cc1cc(C(=O)NCCCCCCCCCNC(=O)c2ccc3c(c2)CN(C2CCC(=O)NC2=O)C3O)cc2c1[C@H](c1cc(F)ccc1Cl)NC2=O. The van der Waals surface area contributed by atoms with E-state index < -0.39 is 30.0 Å². The second-order valence-corrected chi connectivity index (χ2v) is 14.1. The van der Waals surface area contributed by atoms with E-state index >= 15 is 0 Å². The number of imide groups is 1. The molecule has 0 bridgehead atoms. The van der Waals surface area contributed by atoms with Crippen LogP contribution in [0.5, 0.6) is 0 Å². The third-order valence-electron chi connectivity index (χ3n) is 10.1. The van der Waals surface area contributed by atoms with Gasteiger partial charge in [0.1, 0.15) is 12.0 Å². The van der Waals surface area contributed by atoms with E-state index in [0.29, 0.717) is 64.5 Å². The third-order valence-corrected chi connectivity index (χ3v) is 10.5. The minimum Gasteiger partial charge on any atom is -0.374 e. The van der Waals surface area contributed by atoms with Crippen LogP contribution in [-0.4, -0.2) is 58.7 Å². The number of carbonyl (C=O) groups is 5. The standard InChI is InChI=1S/C39H43ClFN5O6/c1-22-17-24(19-29-33(22)34(45-37(29)50)28-20-26(41)10-12-30(28)40)36(49)43-16-8-6-4-2-3-5-7-15-42-35(48)23-9-11-27-25(18-23)21-46(39(27)52)31-13-14-32(47)44-38(31)51/h9-12,17-20,31,34,39,52H,2-8,13-16,21H2,1H3,(H,42,48)(H,43,49)(H,45,50)(H,44,47,51)/t31?,34-,39?/m0/s1. The Hall–Kier alpha value is -4.65. The van der Waals surface area contributed by atoms with Crippen molar-refractivity contribution in [2.45, 2.75) is 89.6 Å². The molecule has 3 aliphatic rings. The molecule has 1 saturated heterocycles. The Bertz CT molecular complexity index is 1900. The number of aryl methyl sites for hydroxylation is 1. The van der Waals surface area contributed by atoms with Crippen LogP contribution in [0.2, 0.25) is 5.02 Å². The van der Waals surface area contributed by atoms with Gasteiger partial charge in [-0.05, 0) is 90.9 Å². The number of nitrogens with one attached hydrogen (secondary N) is 4. The van der Waals surface area contributed by atoms with E-state index in [2.05, 4.69) is 21.3 Å². The van der Waals surface area contributed by atoms with Crippen LogP contribution in [0.3, 0.4) is 0 Å². The molecule has 3 atom stereocenters. The maximum Gasteiger partial charge on any atom is 0.252 e. The van der Waals surface area contributed by atoms with Gasteiger partial charge in [-0.3, -0.25) is 34.2 Å². The Labute approximate surface area is 306 Å². The smallest absolute Gasteiger partial charge is 0.252 e. The molecule has 52 heavy (non-hydrogen) atoms. The second-order valence-electron chi connectivity index (χ2n) is 13.7. The van der Waals surface area contributed by atoms with E-state index in [1.54, 1.807) is 35.2 Å². The fourth-order valence-corrected chi connectivity index (χ4v) is 7.60. The minimum absolute atomic E-state index is 0.185. The fourth-order valence-electron chi connectivity index (χ4n) is 7.37. The Kier molecular flexibility index (Phi) is 11.7. The number of unbranched alkanes of at least 4 members (excludes halogenated alkanes) is 6. The van der Waals surface area contributed by atoms with Crippen molar-refractivity contribution in [1.29, 1.82) is 0 Å². The molecular formula is C39H43ClFN5O6. The summed E-state index contributed by atoms with van der Waals surface area (Å²) in [6.07, 6.45) is 6.34. The van der Waals surface area contributed by atoms with Crippen molar-refractivity contribution in [3.8, 4) is 0 Å². The molecule has 3 heterocycles. The largest absolute Gasteiger partial charge is 0.374 e. The van der Waals surface area contributed by atoms with Gasteiger partial charge in [-0.15, -0.1) is 0 Å². The molecule has 3 aromatic carbocycles. The third kappa shape index (κ3) is 8.19. The topological polar surface area (TPSA) is 157 Å². The molecule has 6 rings (SSSR count). The summed E-state index contributed by atoms with van der Waals surface area (Å²) in [5.41, 5.74) is 4.65. The van der Waals surface area contributed by atoms with Gasteiger partial charge >= 0.3 is 0 Å². The zero-order valence-corrected chi connectivity index (χ0v) is 29.8. The number of aliphatic hydroxyl groups excluding tert-OH is 1. The van der Waals surface area contributed by atoms with Crippen LogP contribution in [-0.2, 0) is 16.1 Å². The van der Waals surface area contributed by atoms with E-state index in [0.717, 1.165) is 56.1 Å². The number of fused-ring (bicyclic) bond motifs is 2. The molecule has 5 amide bonds. The first-order chi connectivity index (χ1) is 25.0. The summed E-state index contributed by atoms with van der Waals surface area (Å²) in [7, 11) is 0. The molecule has 3 aromatic rings. The molecule has 13 heteroatoms. The van der Waals surface area contributed by atoms with E-state index in [1.807, 2.05) is 6.92 Å². The summed E-state index contributed by atoms with van der Waals surface area (Å²) in [6, 6.07) is 11.4.